The van der Waals surface area contributed by atoms with Gasteiger partial charge in [-0.1, -0.05) is 0 Å². The number of ether oxygens (including phenoxy) is 4. The summed E-state index contributed by atoms with van der Waals surface area (Å²) < 4.78 is 18.6. The topological polar surface area (TPSA) is 36.9 Å². The number of rotatable bonds is 6. The molecule has 0 saturated heterocycles. The van der Waals surface area contributed by atoms with Crippen molar-refractivity contribution in [3.05, 3.63) is 0 Å². The third kappa shape index (κ3) is 22.5. The van der Waals surface area contributed by atoms with Crippen molar-refractivity contribution in [3.63, 3.8) is 0 Å². The summed E-state index contributed by atoms with van der Waals surface area (Å²) in [5.74, 6) is 0. The molecule has 4 heteroatoms. The molecule has 0 rings (SSSR count). The molecule has 0 saturated carbocycles. The lowest BCUT2D eigenvalue weighted by atomic mass is 10.8. The van der Waals surface area contributed by atoms with E-state index < -0.39 is 0 Å². The van der Waals surface area contributed by atoms with E-state index in [-0.39, 0.29) is 0 Å². The first-order valence-electron chi connectivity index (χ1n) is 3.96. The first kappa shape index (κ1) is 14.4. The molecule has 0 heterocycles. The summed E-state index contributed by atoms with van der Waals surface area (Å²) in [6.07, 6.45) is 0. The van der Waals surface area contributed by atoms with E-state index in [4.69, 9.17) is 4.74 Å². The van der Waals surface area contributed by atoms with Crippen molar-refractivity contribution in [1.29, 1.82) is 0 Å². The van der Waals surface area contributed by atoms with Gasteiger partial charge in [0, 0.05) is 27.4 Å². The molecule has 0 aromatic rings. The van der Waals surface area contributed by atoms with E-state index in [1.165, 1.54) is 0 Å². The van der Waals surface area contributed by atoms with Crippen LogP contribution in [0.3, 0.4) is 0 Å². The van der Waals surface area contributed by atoms with Crippen molar-refractivity contribution in [1.82, 2.24) is 0 Å². The molecule has 4 nitrogen and oxygen atoms in total. The van der Waals surface area contributed by atoms with Gasteiger partial charge in [-0.2, -0.15) is 0 Å². The monoisotopic (exact) mass is 180 g/mol. The standard InChI is InChI=1S/C4H10O3.C4H10O/c1-5-3-7-4-6-2;1-3-5-4-2/h3-4H2,1-2H3;3-4H2,1-2H3. The molecule has 0 aliphatic rings. The van der Waals surface area contributed by atoms with Crippen LogP contribution in [0.4, 0.5) is 0 Å². The Balaban J connectivity index is 0. The highest BCUT2D eigenvalue weighted by Gasteiger charge is 1.76. The minimum Gasteiger partial charge on any atom is -0.382 e. The Kier molecular flexibility index (Phi) is 20.4. The lowest BCUT2D eigenvalue weighted by Crippen LogP contribution is -1.98. The normalized spacial score (nSPS) is 9.00. The van der Waals surface area contributed by atoms with Gasteiger partial charge in [-0.15, -0.1) is 0 Å². The van der Waals surface area contributed by atoms with Crippen molar-refractivity contribution in [3.8, 4) is 0 Å². The van der Waals surface area contributed by atoms with Crippen molar-refractivity contribution < 1.29 is 18.9 Å². The second-order valence-electron chi connectivity index (χ2n) is 1.80. The molecule has 0 fully saturated rings. The second-order valence-corrected chi connectivity index (χ2v) is 1.80. The van der Waals surface area contributed by atoms with Crippen LogP contribution < -0.4 is 0 Å². The Morgan fingerprint density at radius 2 is 1.17 bits per heavy atom. The maximum absolute atomic E-state index is 4.83. The number of hydrogen-bond acceptors (Lipinski definition) is 4. The predicted octanol–water partition coefficient (Wildman–Crippen LogP) is 1.25. The fraction of sp³-hybridized carbons (Fsp3) is 1.00. The molecule has 76 valence electrons. The first-order chi connectivity index (χ1) is 5.83. The minimum atomic E-state index is 0.299. The van der Waals surface area contributed by atoms with Crippen molar-refractivity contribution in [2.75, 3.05) is 41.0 Å². The van der Waals surface area contributed by atoms with E-state index >= 15 is 0 Å². The molecular weight excluding hydrogens is 160 g/mol. The maximum Gasteiger partial charge on any atom is 0.149 e. The van der Waals surface area contributed by atoms with E-state index in [1.807, 2.05) is 13.8 Å². The third-order valence-electron chi connectivity index (χ3n) is 0.811. The highest BCUT2D eigenvalue weighted by molar-refractivity contribution is 4.07. The van der Waals surface area contributed by atoms with Crippen LogP contribution >= 0.6 is 0 Å². The second kappa shape index (κ2) is 17.1. The van der Waals surface area contributed by atoms with E-state index in [1.54, 1.807) is 14.2 Å². The van der Waals surface area contributed by atoms with Crippen LogP contribution in [0.25, 0.3) is 0 Å². The lowest BCUT2D eigenvalue weighted by Gasteiger charge is -1.97. The smallest absolute Gasteiger partial charge is 0.149 e. The van der Waals surface area contributed by atoms with Gasteiger partial charge in [0.2, 0.25) is 0 Å². The van der Waals surface area contributed by atoms with Crippen LogP contribution in [0.2, 0.25) is 0 Å². The molecule has 12 heavy (non-hydrogen) atoms. The third-order valence-corrected chi connectivity index (χ3v) is 0.811. The highest BCUT2D eigenvalue weighted by Crippen LogP contribution is 1.72. The van der Waals surface area contributed by atoms with Crippen LogP contribution in [0.15, 0.2) is 0 Å². The summed E-state index contributed by atoms with van der Waals surface area (Å²) in [6.45, 7) is 6.27. The fourth-order valence-corrected chi connectivity index (χ4v) is 0.405. The molecule has 0 N–H and O–H groups in total. The van der Waals surface area contributed by atoms with E-state index in [9.17, 15) is 0 Å². The summed E-state index contributed by atoms with van der Waals surface area (Å²) in [5, 5.41) is 0. The van der Waals surface area contributed by atoms with Gasteiger partial charge in [0.05, 0.1) is 0 Å². The fourth-order valence-electron chi connectivity index (χ4n) is 0.405. The van der Waals surface area contributed by atoms with Gasteiger partial charge in [-0.05, 0) is 13.8 Å². The summed E-state index contributed by atoms with van der Waals surface area (Å²) in [7, 11) is 3.13. The largest absolute Gasteiger partial charge is 0.382 e. The predicted molar refractivity (Wildman–Crippen MR) is 47.0 cm³/mol. The van der Waals surface area contributed by atoms with Gasteiger partial charge in [0.25, 0.3) is 0 Å². The van der Waals surface area contributed by atoms with Crippen LogP contribution in [-0.2, 0) is 18.9 Å². The summed E-state index contributed by atoms with van der Waals surface area (Å²) >= 11 is 0. The first-order valence-corrected chi connectivity index (χ1v) is 3.96. The van der Waals surface area contributed by atoms with Gasteiger partial charge >= 0.3 is 0 Å². The molecule has 0 radical (unpaired) electrons. The van der Waals surface area contributed by atoms with Crippen molar-refractivity contribution in [2.45, 2.75) is 13.8 Å². The lowest BCUT2D eigenvalue weighted by molar-refractivity contribution is -0.107. The molecule has 0 aliphatic heterocycles. The molecule has 0 aliphatic carbocycles. The SMILES string of the molecule is CCOCC.COCOCOC. The number of methoxy groups -OCH3 is 2. The van der Waals surface area contributed by atoms with Crippen LogP contribution in [0, 0.1) is 0 Å². The van der Waals surface area contributed by atoms with E-state index in [2.05, 4.69) is 14.2 Å². The maximum atomic E-state index is 4.83. The van der Waals surface area contributed by atoms with Crippen LogP contribution in [0.1, 0.15) is 13.8 Å². The van der Waals surface area contributed by atoms with Crippen molar-refractivity contribution >= 4 is 0 Å². The average molecular weight is 180 g/mol. The minimum absolute atomic E-state index is 0.299. The zero-order valence-corrected chi connectivity index (χ0v) is 8.46. The molecule has 0 bridgehead atoms. The van der Waals surface area contributed by atoms with E-state index in [0.717, 1.165) is 13.2 Å². The Bertz CT molecular complexity index is 53.0. The summed E-state index contributed by atoms with van der Waals surface area (Å²) in [6, 6.07) is 0. The quantitative estimate of drug-likeness (QED) is 0.455. The molecule has 0 aromatic carbocycles. The Morgan fingerprint density at radius 1 is 0.750 bits per heavy atom. The van der Waals surface area contributed by atoms with Gasteiger partial charge < -0.3 is 18.9 Å². The van der Waals surface area contributed by atoms with Crippen LogP contribution in [-0.4, -0.2) is 41.0 Å². The molecule has 0 atom stereocenters. The van der Waals surface area contributed by atoms with Gasteiger partial charge in [0.1, 0.15) is 13.6 Å². The Morgan fingerprint density at radius 3 is 1.33 bits per heavy atom. The molecular formula is C8H20O4. The van der Waals surface area contributed by atoms with Crippen molar-refractivity contribution in [2.24, 2.45) is 0 Å². The summed E-state index contributed by atoms with van der Waals surface area (Å²) in [5.41, 5.74) is 0. The molecule has 0 aromatic heterocycles. The van der Waals surface area contributed by atoms with Gasteiger partial charge in [-0.25, -0.2) is 0 Å². The highest BCUT2D eigenvalue weighted by atomic mass is 16.7. The van der Waals surface area contributed by atoms with E-state index in [0.29, 0.717) is 13.6 Å². The Labute approximate surface area is 74.8 Å². The Hall–Kier alpha value is -0.160. The molecule has 0 spiro atoms. The zero-order chi connectivity index (χ0) is 9.66. The van der Waals surface area contributed by atoms with Gasteiger partial charge in [-0.3, -0.25) is 0 Å². The molecule has 0 amide bonds. The summed E-state index contributed by atoms with van der Waals surface area (Å²) in [4.78, 5) is 0. The zero-order valence-electron chi connectivity index (χ0n) is 8.46. The average Bonchev–Trinajstić information content (AvgIpc) is 2.08. The molecule has 0 unspecified atom stereocenters. The van der Waals surface area contributed by atoms with Gasteiger partial charge in [0.15, 0.2) is 0 Å². The number of hydrogen-bond donors (Lipinski definition) is 0. The van der Waals surface area contributed by atoms with Crippen LogP contribution in [0.5, 0.6) is 0 Å².